The number of hydrogen-bond acceptors (Lipinski definition) is 4. The van der Waals surface area contributed by atoms with Crippen LogP contribution in [0, 0.1) is 6.92 Å². The summed E-state index contributed by atoms with van der Waals surface area (Å²) in [5.74, 6) is 1.48. The van der Waals surface area contributed by atoms with E-state index in [0.717, 1.165) is 32.9 Å². The van der Waals surface area contributed by atoms with E-state index in [2.05, 4.69) is 41.6 Å². The minimum Gasteiger partial charge on any atom is -0.396 e. The predicted octanol–water partition coefficient (Wildman–Crippen LogP) is 2.10. The monoisotopic (exact) mass is 359 g/mol. The highest BCUT2D eigenvalue weighted by atomic mass is 79.9. The molecule has 0 bridgehead atoms. The zero-order valence-corrected chi connectivity index (χ0v) is 13.6. The first kappa shape index (κ1) is 13.7. The molecule has 1 aromatic carbocycles. The Morgan fingerprint density at radius 3 is 3.05 bits per heavy atom. The molecule has 4 rings (SSSR count). The van der Waals surface area contributed by atoms with E-state index in [0.29, 0.717) is 18.8 Å². The first-order chi connectivity index (χ1) is 10.7. The summed E-state index contributed by atoms with van der Waals surface area (Å²) in [5, 5.41) is 13.7. The van der Waals surface area contributed by atoms with Gasteiger partial charge in [-0.05, 0) is 25.1 Å². The van der Waals surface area contributed by atoms with Crippen molar-refractivity contribution in [2.75, 3.05) is 6.61 Å². The zero-order valence-electron chi connectivity index (χ0n) is 12.0. The first-order valence-electron chi connectivity index (χ1n) is 7.05. The van der Waals surface area contributed by atoms with E-state index in [9.17, 15) is 0 Å². The molecule has 112 valence electrons. The number of fused-ring (bicyclic) bond motifs is 5. The van der Waals surface area contributed by atoms with Gasteiger partial charge in [-0.25, -0.2) is 14.6 Å². The van der Waals surface area contributed by atoms with Gasteiger partial charge in [0.2, 0.25) is 0 Å². The van der Waals surface area contributed by atoms with Crippen LogP contribution in [-0.4, -0.2) is 36.0 Å². The lowest BCUT2D eigenvalue weighted by Crippen LogP contribution is -2.06. The Morgan fingerprint density at radius 2 is 2.23 bits per heavy atom. The van der Waals surface area contributed by atoms with Gasteiger partial charge in [-0.2, -0.15) is 5.10 Å². The maximum atomic E-state index is 9.13. The van der Waals surface area contributed by atoms with Crippen molar-refractivity contribution in [2.45, 2.75) is 19.9 Å². The number of aliphatic hydroxyl groups excluding tert-OH is 1. The van der Waals surface area contributed by atoms with Crippen LogP contribution in [0.1, 0.15) is 17.2 Å². The quantitative estimate of drug-likeness (QED) is 0.595. The Balaban J connectivity index is 2.01. The van der Waals surface area contributed by atoms with Crippen LogP contribution in [-0.2, 0) is 13.0 Å². The molecule has 0 saturated carbocycles. The van der Waals surface area contributed by atoms with Crippen molar-refractivity contribution in [2.24, 2.45) is 0 Å². The number of nitrogens with zero attached hydrogens (tertiary/aromatic N) is 5. The number of imidazole rings is 1. The molecule has 0 spiro atoms. The Morgan fingerprint density at radius 1 is 1.36 bits per heavy atom. The molecule has 3 heterocycles. The highest BCUT2D eigenvalue weighted by Gasteiger charge is 2.23. The van der Waals surface area contributed by atoms with Crippen molar-refractivity contribution in [1.29, 1.82) is 0 Å². The Hall–Kier alpha value is -1.99. The van der Waals surface area contributed by atoms with Gasteiger partial charge >= 0.3 is 0 Å². The highest BCUT2D eigenvalue weighted by molar-refractivity contribution is 9.10. The molecule has 3 aromatic rings. The molecule has 22 heavy (non-hydrogen) atoms. The molecule has 0 saturated heterocycles. The van der Waals surface area contributed by atoms with Gasteiger partial charge in [0.05, 0.1) is 36.6 Å². The van der Waals surface area contributed by atoms with Gasteiger partial charge in [-0.3, -0.25) is 0 Å². The Labute approximate surface area is 135 Å². The summed E-state index contributed by atoms with van der Waals surface area (Å²) in [4.78, 5) is 9.04. The van der Waals surface area contributed by atoms with Gasteiger partial charge in [0, 0.05) is 16.5 Å². The molecule has 0 fully saturated rings. The summed E-state index contributed by atoms with van der Waals surface area (Å²) in [5.41, 5.74) is 4.13. The molecular weight excluding hydrogens is 346 g/mol. The molecule has 0 radical (unpaired) electrons. The third-order valence-corrected chi connectivity index (χ3v) is 4.38. The van der Waals surface area contributed by atoms with E-state index in [1.54, 1.807) is 0 Å². The van der Waals surface area contributed by atoms with Crippen LogP contribution >= 0.6 is 15.9 Å². The number of rotatable bonds is 2. The average Bonchev–Trinajstić information content (AvgIpc) is 3.02. The van der Waals surface area contributed by atoms with Gasteiger partial charge in [-0.15, -0.1) is 0 Å². The molecule has 7 heteroatoms. The van der Waals surface area contributed by atoms with E-state index in [4.69, 9.17) is 5.11 Å². The summed E-state index contributed by atoms with van der Waals surface area (Å²) >= 11 is 3.53. The number of hydrogen-bond donors (Lipinski definition) is 1. The Kier molecular flexibility index (Phi) is 3.12. The molecule has 1 aliphatic rings. The van der Waals surface area contributed by atoms with E-state index in [1.165, 1.54) is 0 Å². The van der Waals surface area contributed by atoms with Crippen molar-refractivity contribution >= 4 is 15.9 Å². The summed E-state index contributed by atoms with van der Waals surface area (Å²) in [6.45, 7) is 2.67. The van der Waals surface area contributed by atoms with Crippen molar-refractivity contribution in [3.63, 3.8) is 0 Å². The molecular formula is C15H14BrN5O. The second-order valence-electron chi connectivity index (χ2n) is 5.29. The molecule has 6 nitrogen and oxygen atoms in total. The van der Waals surface area contributed by atoms with Gasteiger partial charge < -0.3 is 9.67 Å². The van der Waals surface area contributed by atoms with E-state index >= 15 is 0 Å². The van der Waals surface area contributed by atoms with Gasteiger partial charge in [0.1, 0.15) is 0 Å². The van der Waals surface area contributed by atoms with Gasteiger partial charge in [0.25, 0.3) is 0 Å². The van der Waals surface area contributed by atoms with Gasteiger partial charge in [-0.1, -0.05) is 15.9 Å². The van der Waals surface area contributed by atoms with Crippen LogP contribution in [0.25, 0.3) is 17.1 Å². The third-order valence-electron chi connectivity index (χ3n) is 3.88. The zero-order chi connectivity index (χ0) is 15.3. The fraction of sp³-hybridized carbons (Fsp3) is 0.267. The maximum absolute atomic E-state index is 9.13. The fourth-order valence-corrected chi connectivity index (χ4v) is 3.17. The highest BCUT2D eigenvalue weighted by Crippen LogP contribution is 2.33. The van der Waals surface area contributed by atoms with Crippen molar-refractivity contribution in [3.05, 3.63) is 46.2 Å². The lowest BCUT2D eigenvalue weighted by atomic mass is 10.1. The second-order valence-corrected chi connectivity index (χ2v) is 6.21. The molecule has 0 unspecified atom stereocenters. The number of halogens is 1. The van der Waals surface area contributed by atoms with Crippen molar-refractivity contribution in [3.8, 4) is 17.1 Å². The largest absolute Gasteiger partial charge is 0.396 e. The fourth-order valence-electron chi connectivity index (χ4n) is 2.80. The van der Waals surface area contributed by atoms with E-state index in [1.807, 2.05) is 30.1 Å². The minimum atomic E-state index is 0.0474. The molecule has 1 aliphatic heterocycles. The van der Waals surface area contributed by atoms with Crippen LogP contribution in [0.5, 0.6) is 0 Å². The van der Waals surface area contributed by atoms with E-state index < -0.39 is 0 Å². The number of aromatic nitrogens is 5. The lowest BCUT2D eigenvalue weighted by Gasteiger charge is -2.08. The van der Waals surface area contributed by atoms with Crippen LogP contribution in [0.15, 0.2) is 29.0 Å². The van der Waals surface area contributed by atoms with Crippen LogP contribution < -0.4 is 0 Å². The molecule has 0 atom stereocenters. The van der Waals surface area contributed by atoms with Crippen LogP contribution in [0.4, 0.5) is 0 Å². The lowest BCUT2D eigenvalue weighted by molar-refractivity contribution is 0.296. The SMILES string of the molecule is Cc1ncn2c1Cn1nc(CCO)nc1-c1cc(Br)ccc1-2. The molecule has 1 N–H and O–H groups in total. The molecule has 2 aromatic heterocycles. The topological polar surface area (TPSA) is 68.8 Å². The van der Waals surface area contributed by atoms with Crippen LogP contribution in [0.3, 0.4) is 0 Å². The first-order valence-corrected chi connectivity index (χ1v) is 7.84. The maximum Gasteiger partial charge on any atom is 0.160 e. The van der Waals surface area contributed by atoms with Crippen molar-refractivity contribution in [1.82, 2.24) is 24.3 Å². The Bertz CT molecular complexity index is 867. The standard InChI is InChI=1S/C15H14BrN5O/c1-9-13-7-21-15(18-14(19-21)4-5-22)11-6-10(16)2-3-12(11)20(13)8-17-9/h2-3,6,8,22H,4-5,7H2,1H3. The third kappa shape index (κ3) is 2.00. The minimum absolute atomic E-state index is 0.0474. The van der Waals surface area contributed by atoms with E-state index in [-0.39, 0.29) is 6.61 Å². The van der Waals surface area contributed by atoms with Gasteiger partial charge in [0.15, 0.2) is 11.6 Å². The summed E-state index contributed by atoms with van der Waals surface area (Å²) in [7, 11) is 0. The molecule has 0 amide bonds. The summed E-state index contributed by atoms with van der Waals surface area (Å²) in [6.07, 6.45) is 2.31. The number of aliphatic hydroxyl groups is 1. The van der Waals surface area contributed by atoms with Crippen LogP contribution in [0.2, 0.25) is 0 Å². The normalized spacial score (nSPS) is 12.5. The summed E-state index contributed by atoms with van der Waals surface area (Å²) < 4.78 is 4.98. The summed E-state index contributed by atoms with van der Waals surface area (Å²) in [6, 6.07) is 6.11. The van der Waals surface area contributed by atoms with Crippen molar-refractivity contribution < 1.29 is 5.11 Å². The smallest absolute Gasteiger partial charge is 0.160 e. The average molecular weight is 360 g/mol. The number of benzene rings is 1. The predicted molar refractivity (Wildman–Crippen MR) is 84.9 cm³/mol. The molecule has 0 aliphatic carbocycles. The second kappa shape index (κ2) is 5.03. The number of aryl methyl sites for hydroxylation is 1.